The van der Waals surface area contributed by atoms with Gasteiger partial charge in [-0.15, -0.1) is 0 Å². The molecular weight excluding hydrogens is 262 g/mol. The Kier molecular flexibility index (Phi) is 4.78. The van der Waals surface area contributed by atoms with Crippen LogP contribution < -0.4 is 10.6 Å². The number of anilines is 1. The van der Waals surface area contributed by atoms with Gasteiger partial charge in [0.05, 0.1) is 6.61 Å². The fourth-order valence-corrected chi connectivity index (χ4v) is 3.35. The van der Waals surface area contributed by atoms with E-state index in [1.807, 2.05) is 0 Å². The molecule has 116 valence electrons. The maximum absolute atomic E-state index is 6.21. The molecule has 0 saturated carbocycles. The highest BCUT2D eigenvalue weighted by Crippen LogP contribution is 2.19. The molecule has 2 atom stereocenters. The standard InChI is InChI=1S/C17H27N3O/c1-14-3-2-4-16(11-14)20-8-6-19(7-9-20)12-15-13-21-10-5-17(15)18/h2-4,11,15,17H,5-10,12-13,18H2,1H3. The van der Waals surface area contributed by atoms with Gasteiger partial charge in [0.25, 0.3) is 0 Å². The lowest BCUT2D eigenvalue weighted by atomic mass is 9.96. The monoisotopic (exact) mass is 289 g/mol. The van der Waals surface area contributed by atoms with Crippen LogP contribution in [0.3, 0.4) is 0 Å². The summed E-state index contributed by atoms with van der Waals surface area (Å²) in [6.45, 7) is 9.36. The molecule has 0 aliphatic carbocycles. The topological polar surface area (TPSA) is 41.7 Å². The van der Waals surface area contributed by atoms with E-state index >= 15 is 0 Å². The van der Waals surface area contributed by atoms with Gasteiger partial charge in [0.2, 0.25) is 0 Å². The molecule has 4 nitrogen and oxygen atoms in total. The highest BCUT2D eigenvalue weighted by Gasteiger charge is 2.26. The van der Waals surface area contributed by atoms with E-state index in [2.05, 4.69) is 41.0 Å². The maximum atomic E-state index is 6.21. The summed E-state index contributed by atoms with van der Waals surface area (Å²) in [6.07, 6.45) is 1.01. The van der Waals surface area contributed by atoms with Crippen LogP contribution in [0.5, 0.6) is 0 Å². The Hall–Kier alpha value is -1.10. The van der Waals surface area contributed by atoms with Gasteiger partial charge in [0.15, 0.2) is 0 Å². The fourth-order valence-electron chi connectivity index (χ4n) is 3.35. The van der Waals surface area contributed by atoms with Gasteiger partial charge in [-0.05, 0) is 31.0 Å². The maximum Gasteiger partial charge on any atom is 0.0521 e. The van der Waals surface area contributed by atoms with Crippen molar-refractivity contribution in [3.8, 4) is 0 Å². The van der Waals surface area contributed by atoms with E-state index in [1.54, 1.807) is 0 Å². The molecule has 0 aromatic heterocycles. The third-order valence-corrected chi connectivity index (χ3v) is 4.76. The van der Waals surface area contributed by atoms with Crippen molar-refractivity contribution in [2.24, 2.45) is 11.7 Å². The van der Waals surface area contributed by atoms with Gasteiger partial charge in [-0.2, -0.15) is 0 Å². The number of benzene rings is 1. The molecule has 1 aromatic carbocycles. The molecule has 3 rings (SSSR count). The van der Waals surface area contributed by atoms with E-state index in [9.17, 15) is 0 Å². The summed E-state index contributed by atoms with van der Waals surface area (Å²) in [4.78, 5) is 5.03. The van der Waals surface area contributed by atoms with Crippen molar-refractivity contribution in [1.29, 1.82) is 0 Å². The molecule has 2 saturated heterocycles. The van der Waals surface area contributed by atoms with Gasteiger partial charge in [-0.1, -0.05) is 12.1 Å². The average molecular weight is 289 g/mol. The zero-order valence-electron chi connectivity index (χ0n) is 13.0. The first-order valence-electron chi connectivity index (χ1n) is 8.09. The van der Waals surface area contributed by atoms with Crippen molar-refractivity contribution in [1.82, 2.24) is 4.90 Å². The molecule has 0 bridgehead atoms. The van der Waals surface area contributed by atoms with Crippen molar-refractivity contribution in [2.45, 2.75) is 19.4 Å². The molecule has 0 amide bonds. The van der Waals surface area contributed by atoms with Crippen LogP contribution in [0.25, 0.3) is 0 Å². The lowest BCUT2D eigenvalue weighted by Gasteiger charge is -2.39. The Balaban J connectivity index is 1.51. The summed E-state index contributed by atoms with van der Waals surface area (Å²) in [5, 5.41) is 0. The van der Waals surface area contributed by atoms with Crippen molar-refractivity contribution in [3.05, 3.63) is 29.8 Å². The molecule has 2 N–H and O–H groups in total. The predicted octanol–water partition coefficient (Wildman–Crippen LogP) is 1.48. The highest BCUT2D eigenvalue weighted by molar-refractivity contribution is 5.48. The summed E-state index contributed by atoms with van der Waals surface area (Å²) in [5.41, 5.74) is 8.90. The number of piperazine rings is 1. The van der Waals surface area contributed by atoms with Gasteiger partial charge in [0, 0.05) is 57.0 Å². The van der Waals surface area contributed by atoms with Crippen LogP contribution in [0.2, 0.25) is 0 Å². The summed E-state index contributed by atoms with van der Waals surface area (Å²) >= 11 is 0. The Bertz CT molecular complexity index is 457. The van der Waals surface area contributed by atoms with E-state index in [0.717, 1.165) is 52.4 Å². The molecular formula is C17H27N3O. The quantitative estimate of drug-likeness (QED) is 0.915. The van der Waals surface area contributed by atoms with Gasteiger partial charge in [0.1, 0.15) is 0 Å². The number of nitrogens with two attached hydrogens (primary N) is 1. The van der Waals surface area contributed by atoms with Crippen LogP contribution >= 0.6 is 0 Å². The zero-order valence-corrected chi connectivity index (χ0v) is 13.0. The number of hydrogen-bond donors (Lipinski definition) is 1. The SMILES string of the molecule is Cc1cccc(N2CCN(CC3COCCC3N)CC2)c1. The number of aryl methyl sites for hydroxylation is 1. The van der Waals surface area contributed by atoms with E-state index in [-0.39, 0.29) is 0 Å². The van der Waals surface area contributed by atoms with Gasteiger partial charge >= 0.3 is 0 Å². The number of rotatable bonds is 3. The summed E-state index contributed by atoms with van der Waals surface area (Å²) in [7, 11) is 0. The third-order valence-electron chi connectivity index (χ3n) is 4.76. The van der Waals surface area contributed by atoms with Crippen molar-refractivity contribution in [2.75, 3.05) is 50.8 Å². The average Bonchev–Trinajstić information content (AvgIpc) is 2.50. The van der Waals surface area contributed by atoms with Crippen molar-refractivity contribution < 1.29 is 4.74 Å². The van der Waals surface area contributed by atoms with E-state index < -0.39 is 0 Å². The lowest BCUT2D eigenvalue weighted by molar-refractivity contribution is 0.0253. The molecule has 21 heavy (non-hydrogen) atoms. The third kappa shape index (κ3) is 3.76. The van der Waals surface area contributed by atoms with Crippen LogP contribution in [0.15, 0.2) is 24.3 Å². The smallest absolute Gasteiger partial charge is 0.0521 e. The van der Waals surface area contributed by atoms with Crippen LogP contribution in [-0.4, -0.2) is 56.9 Å². The van der Waals surface area contributed by atoms with Gasteiger partial charge in [-0.3, -0.25) is 4.90 Å². The minimum absolute atomic E-state index is 0.313. The first kappa shape index (κ1) is 14.8. The molecule has 2 unspecified atom stereocenters. The van der Waals surface area contributed by atoms with Crippen molar-refractivity contribution >= 4 is 5.69 Å². The summed E-state index contributed by atoms with van der Waals surface area (Å²) < 4.78 is 5.58. The van der Waals surface area contributed by atoms with Gasteiger partial charge in [-0.25, -0.2) is 0 Å². The van der Waals surface area contributed by atoms with Crippen LogP contribution in [0, 0.1) is 12.8 Å². The second kappa shape index (κ2) is 6.77. The van der Waals surface area contributed by atoms with E-state index in [1.165, 1.54) is 11.3 Å². The second-order valence-electron chi connectivity index (χ2n) is 6.41. The Labute approximate surface area is 127 Å². The number of nitrogens with zero attached hydrogens (tertiary/aromatic N) is 2. The van der Waals surface area contributed by atoms with Crippen LogP contribution in [0.1, 0.15) is 12.0 Å². The summed E-state index contributed by atoms with van der Waals surface area (Å²) in [6, 6.07) is 9.11. The first-order chi connectivity index (χ1) is 10.2. The first-order valence-corrected chi connectivity index (χ1v) is 8.09. The molecule has 2 fully saturated rings. The molecule has 0 radical (unpaired) electrons. The minimum atomic E-state index is 0.313. The molecule has 2 aliphatic rings. The Morgan fingerprint density at radius 1 is 1.24 bits per heavy atom. The Morgan fingerprint density at radius 3 is 2.76 bits per heavy atom. The van der Waals surface area contributed by atoms with Crippen molar-refractivity contribution in [3.63, 3.8) is 0 Å². The molecule has 2 heterocycles. The Morgan fingerprint density at radius 2 is 2.05 bits per heavy atom. The lowest BCUT2D eigenvalue weighted by Crippen LogP contribution is -2.51. The van der Waals surface area contributed by atoms with E-state index in [4.69, 9.17) is 10.5 Å². The molecule has 1 aromatic rings. The fraction of sp³-hybridized carbons (Fsp3) is 0.647. The minimum Gasteiger partial charge on any atom is -0.381 e. The summed E-state index contributed by atoms with van der Waals surface area (Å²) in [5.74, 6) is 0.504. The predicted molar refractivity (Wildman–Crippen MR) is 86.7 cm³/mol. The molecule has 4 heteroatoms. The molecule has 2 aliphatic heterocycles. The van der Waals surface area contributed by atoms with Crippen LogP contribution in [-0.2, 0) is 4.74 Å². The largest absolute Gasteiger partial charge is 0.381 e. The normalized spacial score (nSPS) is 27.8. The van der Waals surface area contributed by atoms with E-state index in [0.29, 0.717) is 12.0 Å². The number of ether oxygens (including phenoxy) is 1. The second-order valence-corrected chi connectivity index (χ2v) is 6.41. The molecule has 0 spiro atoms. The number of hydrogen-bond acceptors (Lipinski definition) is 4. The van der Waals surface area contributed by atoms with Gasteiger partial charge < -0.3 is 15.4 Å². The zero-order chi connectivity index (χ0) is 14.7. The highest BCUT2D eigenvalue weighted by atomic mass is 16.5. The van der Waals surface area contributed by atoms with Crippen LogP contribution in [0.4, 0.5) is 5.69 Å².